The van der Waals surface area contributed by atoms with E-state index >= 15 is 0 Å². The second-order valence-electron chi connectivity index (χ2n) is 7.20. The minimum atomic E-state index is 0.191. The molecule has 0 amide bonds. The normalized spacial score (nSPS) is 10.6. The van der Waals surface area contributed by atoms with Crippen LogP contribution in [0.25, 0.3) is 0 Å². The molecule has 0 aliphatic carbocycles. The number of Topliss-reactive ketones (excluding diaryl/α,β-unsaturated/α-hetero) is 2. The Hall–Kier alpha value is -1.26. The highest BCUT2D eigenvalue weighted by molar-refractivity contribution is 7.98. The van der Waals surface area contributed by atoms with Gasteiger partial charge in [0.15, 0.2) is 11.6 Å². The van der Waals surface area contributed by atoms with Crippen LogP contribution in [0.4, 0.5) is 0 Å². The Morgan fingerprint density at radius 1 is 0.750 bits per heavy atom. The van der Waals surface area contributed by atoms with Crippen LogP contribution in [0.3, 0.4) is 0 Å². The third-order valence-corrected chi connectivity index (χ3v) is 6.66. The van der Waals surface area contributed by atoms with Gasteiger partial charge in [-0.15, -0.1) is 0 Å². The molecule has 28 heavy (non-hydrogen) atoms. The van der Waals surface area contributed by atoms with Gasteiger partial charge in [-0.3, -0.25) is 9.59 Å². The van der Waals surface area contributed by atoms with Crippen LogP contribution in [-0.4, -0.2) is 23.1 Å². The number of thioether (sulfide) groups is 2. The molecule has 4 heteroatoms. The van der Waals surface area contributed by atoms with Gasteiger partial charge in [-0.05, 0) is 73.3 Å². The van der Waals surface area contributed by atoms with Gasteiger partial charge in [0, 0.05) is 24.3 Å². The molecule has 0 N–H and O–H groups in total. The van der Waals surface area contributed by atoms with Gasteiger partial charge in [-0.1, -0.05) is 37.4 Å². The van der Waals surface area contributed by atoms with Gasteiger partial charge < -0.3 is 0 Å². The highest BCUT2D eigenvalue weighted by Crippen LogP contribution is 2.23. The molecule has 154 valence electrons. The maximum Gasteiger partial charge on any atom is 0.157 e. The predicted octanol–water partition coefficient (Wildman–Crippen LogP) is 6.78. The van der Waals surface area contributed by atoms with Gasteiger partial charge in [-0.25, -0.2) is 0 Å². The molecule has 0 atom stereocenters. The summed E-state index contributed by atoms with van der Waals surface area (Å²) in [6.45, 7) is 11.0. The highest BCUT2D eigenvalue weighted by Gasteiger charge is 2.05. The van der Waals surface area contributed by atoms with E-state index in [1.165, 1.54) is 11.1 Å². The van der Waals surface area contributed by atoms with Crippen molar-refractivity contribution in [3.05, 3.63) is 59.7 Å². The number of ketones is 2. The molecule has 0 aliphatic rings. The fourth-order valence-corrected chi connectivity index (χ4v) is 4.72. The Morgan fingerprint density at radius 3 is 1.50 bits per heavy atom. The first-order chi connectivity index (χ1) is 13.4. The number of carbonyl (C=O) groups is 2. The molecule has 1 aromatic carbocycles. The summed E-state index contributed by atoms with van der Waals surface area (Å²) in [6.07, 6.45) is 5.29. The smallest absolute Gasteiger partial charge is 0.157 e. The number of rotatable bonds is 16. The molecular weight excluding hydrogens is 384 g/mol. The van der Waals surface area contributed by atoms with E-state index in [9.17, 15) is 9.59 Å². The van der Waals surface area contributed by atoms with Crippen molar-refractivity contribution in [2.75, 3.05) is 11.5 Å². The Morgan fingerprint density at radius 2 is 1.14 bits per heavy atom. The Kier molecular flexibility index (Phi) is 13.0. The second-order valence-corrected chi connectivity index (χ2v) is 9.41. The van der Waals surface area contributed by atoms with E-state index in [1.54, 1.807) is 13.8 Å². The van der Waals surface area contributed by atoms with Crippen molar-refractivity contribution >= 4 is 35.1 Å². The lowest BCUT2D eigenvalue weighted by molar-refractivity contribution is -0.116. The lowest BCUT2D eigenvalue weighted by Gasteiger charge is -2.09. The molecule has 0 aliphatic heterocycles. The van der Waals surface area contributed by atoms with Crippen molar-refractivity contribution in [2.24, 2.45) is 0 Å². The van der Waals surface area contributed by atoms with Crippen molar-refractivity contribution in [3.8, 4) is 0 Å². The quantitative estimate of drug-likeness (QED) is 0.219. The maximum atomic E-state index is 11.5. The van der Waals surface area contributed by atoms with Gasteiger partial charge in [0.05, 0.1) is 0 Å². The summed E-state index contributed by atoms with van der Waals surface area (Å²) >= 11 is 3.89. The van der Waals surface area contributed by atoms with Crippen molar-refractivity contribution in [1.29, 1.82) is 0 Å². The van der Waals surface area contributed by atoms with E-state index in [-0.39, 0.29) is 11.6 Å². The molecular formula is C24H34O2S2. The summed E-state index contributed by atoms with van der Waals surface area (Å²) in [7, 11) is 0. The van der Waals surface area contributed by atoms with Crippen molar-refractivity contribution < 1.29 is 9.59 Å². The molecule has 1 aromatic rings. The number of benzene rings is 1. The largest absolute Gasteiger partial charge is 0.295 e. The predicted molar refractivity (Wildman–Crippen MR) is 126 cm³/mol. The van der Waals surface area contributed by atoms with E-state index in [0.29, 0.717) is 24.0 Å². The number of allylic oxidation sites excluding steroid dienone is 2. The first-order valence-electron chi connectivity index (χ1n) is 10.0. The number of hydrogen-bond donors (Lipinski definition) is 0. The molecule has 0 saturated heterocycles. The number of hydrogen-bond acceptors (Lipinski definition) is 4. The first-order valence-corrected chi connectivity index (χ1v) is 12.3. The van der Waals surface area contributed by atoms with Gasteiger partial charge >= 0.3 is 0 Å². The zero-order valence-electron chi connectivity index (χ0n) is 17.4. The minimum Gasteiger partial charge on any atom is -0.295 e. The standard InChI is InChI=1S/C24H34O2S2/c1-19(2)23(25)13-7-9-15-27-17-21-11-5-6-12-22(21)18-28-16-10-8-14-24(26)20(3)4/h5-6,11-12H,1,3,7-10,13-18H2,2,4H3. The Balaban J connectivity index is 2.21. The molecule has 2 nitrogen and oxygen atoms in total. The monoisotopic (exact) mass is 418 g/mol. The maximum absolute atomic E-state index is 11.5. The van der Waals surface area contributed by atoms with Crippen LogP contribution in [0.1, 0.15) is 63.5 Å². The molecule has 0 radical (unpaired) electrons. The lowest BCUT2D eigenvalue weighted by atomic mass is 10.1. The number of carbonyl (C=O) groups excluding carboxylic acids is 2. The molecule has 0 bridgehead atoms. The van der Waals surface area contributed by atoms with Gasteiger partial charge in [0.25, 0.3) is 0 Å². The van der Waals surface area contributed by atoms with E-state index in [2.05, 4.69) is 37.4 Å². The van der Waals surface area contributed by atoms with Crippen LogP contribution in [0.5, 0.6) is 0 Å². The second kappa shape index (κ2) is 14.7. The molecule has 0 unspecified atom stereocenters. The minimum absolute atomic E-state index is 0.191. The van der Waals surface area contributed by atoms with Gasteiger partial charge in [0.2, 0.25) is 0 Å². The highest BCUT2D eigenvalue weighted by atomic mass is 32.2. The lowest BCUT2D eigenvalue weighted by Crippen LogP contribution is -1.98. The third-order valence-electron chi connectivity index (χ3n) is 4.47. The van der Waals surface area contributed by atoms with Crippen LogP contribution >= 0.6 is 23.5 Å². The molecule has 0 saturated carbocycles. The zero-order valence-corrected chi connectivity index (χ0v) is 19.1. The van der Waals surface area contributed by atoms with Crippen LogP contribution in [0, 0.1) is 0 Å². The molecule has 0 fully saturated rings. The van der Waals surface area contributed by atoms with Crippen LogP contribution in [0.15, 0.2) is 48.6 Å². The fraction of sp³-hybridized carbons (Fsp3) is 0.500. The summed E-state index contributed by atoms with van der Waals surface area (Å²) in [5.74, 6) is 4.60. The summed E-state index contributed by atoms with van der Waals surface area (Å²) in [5.41, 5.74) is 4.16. The fourth-order valence-electron chi connectivity index (χ4n) is 2.61. The average Bonchev–Trinajstić information content (AvgIpc) is 2.67. The average molecular weight is 419 g/mol. The molecule has 1 rings (SSSR count). The van der Waals surface area contributed by atoms with E-state index < -0.39 is 0 Å². The SMILES string of the molecule is C=C(C)C(=O)CCCCSCc1ccccc1CSCCCCC(=O)C(=C)C. The van der Waals surface area contributed by atoms with E-state index in [1.807, 2.05) is 23.5 Å². The summed E-state index contributed by atoms with van der Waals surface area (Å²) in [4.78, 5) is 23.1. The first kappa shape index (κ1) is 24.8. The Bertz CT molecular complexity index is 607. The summed E-state index contributed by atoms with van der Waals surface area (Å²) < 4.78 is 0. The topological polar surface area (TPSA) is 34.1 Å². The molecule has 0 spiro atoms. The summed E-state index contributed by atoms with van der Waals surface area (Å²) in [6, 6.07) is 8.66. The van der Waals surface area contributed by atoms with Crippen LogP contribution < -0.4 is 0 Å². The number of unbranched alkanes of at least 4 members (excludes halogenated alkanes) is 2. The van der Waals surface area contributed by atoms with Gasteiger partial charge in [0.1, 0.15) is 0 Å². The van der Waals surface area contributed by atoms with Crippen LogP contribution in [-0.2, 0) is 21.1 Å². The van der Waals surface area contributed by atoms with Crippen LogP contribution in [0.2, 0.25) is 0 Å². The van der Waals surface area contributed by atoms with Crippen molar-refractivity contribution in [3.63, 3.8) is 0 Å². The Labute approximate surface area is 179 Å². The molecule has 0 aromatic heterocycles. The van der Waals surface area contributed by atoms with Gasteiger partial charge in [-0.2, -0.15) is 23.5 Å². The third kappa shape index (κ3) is 10.9. The van der Waals surface area contributed by atoms with E-state index in [4.69, 9.17) is 0 Å². The van der Waals surface area contributed by atoms with Crippen molar-refractivity contribution in [1.82, 2.24) is 0 Å². The zero-order chi connectivity index (χ0) is 20.8. The van der Waals surface area contributed by atoms with E-state index in [0.717, 1.165) is 48.7 Å². The molecule has 0 heterocycles. The van der Waals surface area contributed by atoms with Crippen molar-refractivity contribution in [2.45, 2.75) is 63.9 Å². The summed E-state index contributed by atoms with van der Waals surface area (Å²) in [5, 5.41) is 0.